The molecule has 1 aliphatic rings. The number of carbonyl (C=O) groups is 2. The smallest absolute Gasteiger partial charge is 0.302 e. The predicted octanol–water partition coefficient (Wildman–Crippen LogP) is 5.16. The lowest BCUT2D eigenvalue weighted by atomic mass is 9.68. The SMILES string of the molecule is CCC1CCC(c2cc[nH]c2)C(C(CC(=O)CCc2ccc(O)c(OC)c2)OC(C)=O)C1. The van der Waals surface area contributed by atoms with Crippen molar-refractivity contribution in [2.45, 2.75) is 70.8 Å². The van der Waals surface area contributed by atoms with E-state index in [0.717, 1.165) is 31.2 Å². The van der Waals surface area contributed by atoms with Crippen LogP contribution in [0.1, 0.15) is 69.4 Å². The van der Waals surface area contributed by atoms with Gasteiger partial charge in [-0.25, -0.2) is 0 Å². The molecule has 6 heteroatoms. The maximum Gasteiger partial charge on any atom is 0.302 e. The van der Waals surface area contributed by atoms with E-state index in [2.05, 4.69) is 18.0 Å². The molecule has 1 aromatic heterocycles. The molecule has 6 nitrogen and oxygen atoms in total. The molecular weight excluding hydrogens is 406 g/mol. The number of H-pyrrole nitrogens is 1. The van der Waals surface area contributed by atoms with Gasteiger partial charge in [-0.05, 0) is 66.8 Å². The predicted molar refractivity (Wildman–Crippen MR) is 123 cm³/mol. The van der Waals surface area contributed by atoms with Crippen molar-refractivity contribution in [3.63, 3.8) is 0 Å². The number of aromatic amines is 1. The van der Waals surface area contributed by atoms with E-state index in [1.165, 1.54) is 19.6 Å². The number of aromatic hydroxyl groups is 1. The maximum absolute atomic E-state index is 12.9. The summed E-state index contributed by atoms with van der Waals surface area (Å²) in [5.74, 6) is 1.22. The minimum Gasteiger partial charge on any atom is -0.504 e. The fourth-order valence-electron chi connectivity index (χ4n) is 5.04. The number of esters is 1. The van der Waals surface area contributed by atoms with E-state index in [0.29, 0.717) is 24.5 Å². The van der Waals surface area contributed by atoms with Gasteiger partial charge in [0.2, 0.25) is 0 Å². The second-order valence-corrected chi connectivity index (χ2v) is 8.90. The molecule has 1 saturated carbocycles. The third-order valence-corrected chi connectivity index (χ3v) is 6.80. The average Bonchev–Trinajstić information content (AvgIpc) is 3.32. The minimum absolute atomic E-state index is 0.0785. The summed E-state index contributed by atoms with van der Waals surface area (Å²) in [6, 6.07) is 7.22. The van der Waals surface area contributed by atoms with Gasteiger partial charge < -0.3 is 19.6 Å². The van der Waals surface area contributed by atoms with Gasteiger partial charge in [-0.1, -0.05) is 19.4 Å². The van der Waals surface area contributed by atoms with Gasteiger partial charge in [0.1, 0.15) is 11.9 Å². The normalized spacial score (nSPS) is 21.7. The fourth-order valence-corrected chi connectivity index (χ4v) is 5.04. The fraction of sp³-hybridized carbons (Fsp3) is 0.538. The van der Waals surface area contributed by atoms with E-state index in [1.807, 2.05) is 12.4 Å². The van der Waals surface area contributed by atoms with Crippen LogP contribution in [0.5, 0.6) is 11.5 Å². The number of benzene rings is 1. The molecule has 32 heavy (non-hydrogen) atoms. The van der Waals surface area contributed by atoms with Gasteiger partial charge in [-0.3, -0.25) is 9.59 Å². The largest absolute Gasteiger partial charge is 0.504 e. The molecule has 4 atom stereocenters. The lowest BCUT2D eigenvalue weighted by Crippen LogP contribution is -2.37. The highest BCUT2D eigenvalue weighted by atomic mass is 16.5. The van der Waals surface area contributed by atoms with Crippen LogP contribution in [-0.4, -0.2) is 35.1 Å². The van der Waals surface area contributed by atoms with Crippen LogP contribution >= 0.6 is 0 Å². The zero-order chi connectivity index (χ0) is 23.1. The van der Waals surface area contributed by atoms with Crippen LogP contribution in [-0.2, 0) is 20.7 Å². The number of phenols is 1. The summed E-state index contributed by atoms with van der Waals surface area (Å²) >= 11 is 0. The van der Waals surface area contributed by atoms with Crippen molar-refractivity contribution >= 4 is 11.8 Å². The topological polar surface area (TPSA) is 88.6 Å². The summed E-state index contributed by atoms with van der Waals surface area (Å²) in [6.45, 7) is 3.63. The molecule has 2 aromatic rings. The Kier molecular flexibility index (Phi) is 8.37. The van der Waals surface area contributed by atoms with Crippen molar-refractivity contribution in [2.24, 2.45) is 11.8 Å². The minimum atomic E-state index is -0.413. The van der Waals surface area contributed by atoms with Gasteiger partial charge in [0.25, 0.3) is 0 Å². The van der Waals surface area contributed by atoms with Crippen LogP contribution in [0.2, 0.25) is 0 Å². The van der Waals surface area contributed by atoms with E-state index in [1.54, 1.807) is 18.2 Å². The van der Waals surface area contributed by atoms with Gasteiger partial charge in [0.05, 0.1) is 7.11 Å². The number of rotatable bonds is 10. The van der Waals surface area contributed by atoms with Crippen LogP contribution in [0.25, 0.3) is 0 Å². The second kappa shape index (κ2) is 11.2. The highest BCUT2D eigenvalue weighted by Crippen LogP contribution is 2.44. The number of Topliss-reactive ketones (excluding diaryl/α,β-unsaturated/α-hetero) is 1. The Hall–Kier alpha value is -2.76. The third kappa shape index (κ3) is 6.15. The number of hydrogen-bond acceptors (Lipinski definition) is 5. The van der Waals surface area contributed by atoms with Crippen molar-refractivity contribution in [3.8, 4) is 11.5 Å². The molecule has 0 spiro atoms. The number of aromatic nitrogens is 1. The zero-order valence-electron chi connectivity index (χ0n) is 19.3. The lowest BCUT2D eigenvalue weighted by molar-refractivity contribution is -0.152. The zero-order valence-corrected chi connectivity index (χ0v) is 19.3. The summed E-state index contributed by atoms with van der Waals surface area (Å²) < 4.78 is 10.9. The van der Waals surface area contributed by atoms with Crippen LogP contribution in [0, 0.1) is 11.8 Å². The molecule has 1 aliphatic carbocycles. The number of phenolic OH excluding ortho intramolecular Hbond substituents is 1. The summed E-state index contributed by atoms with van der Waals surface area (Å²) in [5.41, 5.74) is 2.15. The summed E-state index contributed by atoms with van der Waals surface area (Å²) in [7, 11) is 1.50. The van der Waals surface area contributed by atoms with Crippen LogP contribution in [0.4, 0.5) is 0 Å². The number of nitrogens with one attached hydrogen (secondary N) is 1. The summed E-state index contributed by atoms with van der Waals surface area (Å²) in [4.78, 5) is 28.0. The Morgan fingerprint density at radius 3 is 2.72 bits per heavy atom. The number of ketones is 1. The molecule has 0 saturated heterocycles. The maximum atomic E-state index is 12.9. The molecule has 0 aliphatic heterocycles. The number of ether oxygens (including phenoxy) is 2. The molecule has 174 valence electrons. The van der Waals surface area contributed by atoms with Gasteiger partial charge in [-0.2, -0.15) is 0 Å². The average molecular weight is 442 g/mol. The molecule has 2 N–H and O–H groups in total. The Balaban J connectivity index is 1.71. The first-order chi connectivity index (χ1) is 15.4. The molecule has 0 amide bonds. The second-order valence-electron chi connectivity index (χ2n) is 8.90. The van der Waals surface area contributed by atoms with Crippen molar-refractivity contribution in [1.29, 1.82) is 0 Å². The number of carbonyl (C=O) groups excluding carboxylic acids is 2. The van der Waals surface area contributed by atoms with Crippen LogP contribution < -0.4 is 4.74 Å². The van der Waals surface area contributed by atoms with E-state index >= 15 is 0 Å². The Bertz CT molecular complexity index is 892. The van der Waals surface area contributed by atoms with E-state index in [9.17, 15) is 14.7 Å². The van der Waals surface area contributed by atoms with Crippen LogP contribution in [0.3, 0.4) is 0 Å². The van der Waals surface area contributed by atoms with Gasteiger partial charge in [0, 0.05) is 38.1 Å². The van der Waals surface area contributed by atoms with Crippen molar-refractivity contribution in [2.75, 3.05) is 7.11 Å². The number of methoxy groups -OCH3 is 1. The van der Waals surface area contributed by atoms with Gasteiger partial charge in [-0.15, -0.1) is 0 Å². The Morgan fingerprint density at radius 2 is 2.06 bits per heavy atom. The molecule has 1 heterocycles. The van der Waals surface area contributed by atoms with Gasteiger partial charge in [0.15, 0.2) is 11.5 Å². The van der Waals surface area contributed by atoms with E-state index in [-0.39, 0.29) is 35.8 Å². The van der Waals surface area contributed by atoms with Crippen LogP contribution in [0.15, 0.2) is 36.7 Å². The first-order valence-electron chi connectivity index (χ1n) is 11.6. The van der Waals surface area contributed by atoms with E-state index in [4.69, 9.17) is 9.47 Å². The Labute approximate surface area is 190 Å². The standard InChI is InChI=1S/C26H35NO5/c1-4-18-6-9-22(20-11-12-27-16-20)23(13-18)25(32-17(2)28)15-21(29)8-5-19-7-10-24(30)26(14-19)31-3/h7,10-12,14,16,18,22-23,25,27,30H,4-6,8-9,13,15H2,1-3H3. The molecule has 0 radical (unpaired) electrons. The number of aryl methyl sites for hydroxylation is 1. The monoisotopic (exact) mass is 441 g/mol. The highest BCUT2D eigenvalue weighted by molar-refractivity contribution is 5.79. The third-order valence-electron chi connectivity index (χ3n) is 6.80. The summed E-state index contributed by atoms with van der Waals surface area (Å²) in [6.07, 6.45) is 8.93. The molecule has 0 bridgehead atoms. The summed E-state index contributed by atoms with van der Waals surface area (Å²) in [5, 5.41) is 9.76. The quantitative estimate of drug-likeness (QED) is 0.497. The molecular formula is C26H35NO5. The Morgan fingerprint density at radius 1 is 1.25 bits per heavy atom. The van der Waals surface area contributed by atoms with Gasteiger partial charge >= 0.3 is 5.97 Å². The van der Waals surface area contributed by atoms with Crippen molar-refractivity contribution in [3.05, 3.63) is 47.8 Å². The molecule has 3 rings (SSSR count). The molecule has 1 fully saturated rings. The molecule has 4 unspecified atom stereocenters. The lowest BCUT2D eigenvalue weighted by Gasteiger charge is -2.39. The van der Waals surface area contributed by atoms with E-state index < -0.39 is 6.10 Å². The van der Waals surface area contributed by atoms with Crippen molar-refractivity contribution in [1.82, 2.24) is 4.98 Å². The first-order valence-corrected chi connectivity index (χ1v) is 11.6. The highest BCUT2D eigenvalue weighted by Gasteiger charge is 2.38. The molecule has 1 aromatic carbocycles. The van der Waals surface area contributed by atoms with Crippen molar-refractivity contribution < 1.29 is 24.2 Å². The number of hydrogen-bond donors (Lipinski definition) is 2. The first kappa shape index (κ1) is 23.9.